The van der Waals surface area contributed by atoms with Crippen LogP contribution in [-0.4, -0.2) is 54.1 Å². The number of nitrogens with zero attached hydrogens (tertiary/aromatic N) is 5. The summed E-state index contributed by atoms with van der Waals surface area (Å²) < 4.78 is 5.36. The standard InChI is InChI=1S/C25H24N6O2/c1-33-22-10-5-4-9-21(22)29-24(32)20-17-28-23(19-8-3-2-7-18(19)20)30-13-15-31(16-14-30)25-26-11-6-12-27-25/h2-12,17H,13-16H2,1H3,(H,29,32). The van der Waals surface area contributed by atoms with E-state index in [1.807, 2.05) is 54.6 Å². The predicted octanol–water partition coefficient (Wildman–Crippen LogP) is 3.61. The number of piperazine rings is 1. The average molecular weight is 441 g/mol. The quantitative estimate of drug-likeness (QED) is 0.508. The number of carbonyl (C=O) groups is 1. The third kappa shape index (κ3) is 4.15. The lowest BCUT2D eigenvalue weighted by atomic mass is 10.1. The average Bonchev–Trinajstić information content (AvgIpc) is 2.89. The van der Waals surface area contributed by atoms with Gasteiger partial charge in [0.2, 0.25) is 5.95 Å². The number of pyridine rings is 1. The molecule has 0 bridgehead atoms. The molecule has 0 saturated carbocycles. The Kier molecular flexibility index (Phi) is 5.72. The molecule has 33 heavy (non-hydrogen) atoms. The molecule has 5 rings (SSSR count). The molecule has 4 aromatic rings. The highest BCUT2D eigenvalue weighted by Gasteiger charge is 2.23. The molecule has 0 radical (unpaired) electrons. The number of aromatic nitrogens is 3. The molecule has 0 atom stereocenters. The predicted molar refractivity (Wildman–Crippen MR) is 129 cm³/mol. The number of anilines is 3. The Hall–Kier alpha value is -4.20. The van der Waals surface area contributed by atoms with Gasteiger partial charge in [0.1, 0.15) is 11.6 Å². The zero-order valence-corrected chi connectivity index (χ0v) is 18.3. The Morgan fingerprint density at radius 3 is 2.27 bits per heavy atom. The van der Waals surface area contributed by atoms with Crippen molar-refractivity contribution in [3.05, 3.63) is 78.8 Å². The van der Waals surface area contributed by atoms with E-state index in [9.17, 15) is 4.79 Å². The topological polar surface area (TPSA) is 83.5 Å². The lowest BCUT2D eigenvalue weighted by molar-refractivity contribution is 0.102. The number of hydrogen-bond donors (Lipinski definition) is 1. The SMILES string of the molecule is COc1ccccc1NC(=O)c1cnc(N2CCN(c3ncccn3)CC2)c2ccccc12. The van der Waals surface area contributed by atoms with Crippen molar-refractivity contribution in [1.29, 1.82) is 0 Å². The van der Waals surface area contributed by atoms with Crippen molar-refractivity contribution in [3.8, 4) is 5.75 Å². The molecule has 2 aromatic heterocycles. The maximum atomic E-state index is 13.1. The minimum Gasteiger partial charge on any atom is -0.495 e. The lowest BCUT2D eigenvalue weighted by Crippen LogP contribution is -2.47. The molecule has 2 aromatic carbocycles. The van der Waals surface area contributed by atoms with Crippen LogP contribution in [0.3, 0.4) is 0 Å². The first kappa shape index (κ1) is 20.7. The van der Waals surface area contributed by atoms with Crippen molar-refractivity contribution in [1.82, 2.24) is 15.0 Å². The van der Waals surface area contributed by atoms with Crippen molar-refractivity contribution in [3.63, 3.8) is 0 Å². The first-order valence-electron chi connectivity index (χ1n) is 10.8. The summed E-state index contributed by atoms with van der Waals surface area (Å²) in [5, 5.41) is 4.77. The smallest absolute Gasteiger partial charge is 0.257 e. The Balaban J connectivity index is 1.40. The largest absolute Gasteiger partial charge is 0.495 e. The number of hydrogen-bond acceptors (Lipinski definition) is 7. The molecule has 3 heterocycles. The van der Waals surface area contributed by atoms with Crippen LogP contribution < -0.4 is 19.9 Å². The molecular weight excluding hydrogens is 416 g/mol. The normalized spacial score (nSPS) is 13.7. The van der Waals surface area contributed by atoms with Crippen LogP contribution in [0.2, 0.25) is 0 Å². The maximum Gasteiger partial charge on any atom is 0.257 e. The molecule has 0 spiro atoms. The van der Waals surface area contributed by atoms with Crippen LogP contribution in [0, 0.1) is 0 Å². The van der Waals surface area contributed by atoms with Crippen LogP contribution in [0.25, 0.3) is 10.8 Å². The molecule has 1 saturated heterocycles. The number of para-hydroxylation sites is 2. The fourth-order valence-corrected chi connectivity index (χ4v) is 4.12. The zero-order valence-electron chi connectivity index (χ0n) is 18.3. The summed E-state index contributed by atoms with van der Waals surface area (Å²) in [5.41, 5.74) is 1.15. The number of carbonyl (C=O) groups excluding carboxylic acids is 1. The highest BCUT2D eigenvalue weighted by molar-refractivity contribution is 6.14. The number of ether oxygens (including phenoxy) is 1. The number of rotatable bonds is 5. The van der Waals surface area contributed by atoms with Crippen LogP contribution in [0.5, 0.6) is 5.75 Å². The summed E-state index contributed by atoms with van der Waals surface area (Å²) in [4.78, 5) is 31.0. The van der Waals surface area contributed by atoms with Crippen LogP contribution in [0.4, 0.5) is 17.5 Å². The van der Waals surface area contributed by atoms with Crippen LogP contribution >= 0.6 is 0 Å². The fourth-order valence-electron chi connectivity index (χ4n) is 4.12. The Morgan fingerprint density at radius 1 is 0.848 bits per heavy atom. The van der Waals surface area contributed by atoms with Crippen molar-refractivity contribution < 1.29 is 9.53 Å². The Labute approximate surface area is 191 Å². The van der Waals surface area contributed by atoms with Crippen molar-refractivity contribution in [2.75, 3.05) is 48.4 Å². The van der Waals surface area contributed by atoms with Crippen molar-refractivity contribution >= 4 is 34.1 Å². The van der Waals surface area contributed by atoms with Gasteiger partial charge in [0, 0.05) is 50.2 Å². The van der Waals surface area contributed by atoms with Gasteiger partial charge < -0.3 is 19.9 Å². The second-order valence-corrected chi connectivity index (χ2v) is 7.72. The summed E-state index contributed by atoms with van der Waals surface area (Å²) >= 11 is 0. The molecule has 1 N–H and O–H groups in total. The van der Waals surface area contributed by atoms with E-state index in [-0.39, 0.29) is 5.91 Å². The van der Waals surface area contributed by atoms with Gasteiger partial charge in [0.05, 0.1) is 18.4 Å². The summed E-state index contributed by atoms with van der Waals surface area (Å²) in [5.74, 6) is 2.02. The van der Waals surface area contributed by atoms with Gasteiger partial charge in [-0.05, 0) is 23.6 Å². The second-order valence-electron chi connectivity index (χ2n) is 7.72. The van der Waals surface area contributed by atoms with Gasteiger partial charge in [-0.3, -0.25) is 4.79 Å². The first-order valence-corrected chi connectivity index (χ1v) is 10.8. The van der Waals surface area contributed by atoms with Gasteiger partial charge in [0.15, 0.2) is 0 Å². The maximum absolute atomic E-state index is 13.1. The van der Waals surface area contributed by atoms with E-state index in [1.54, 1.807) is 25.7 Å². The molecule has 0 unspecified atom stereocenters. The van der Waals surface area contributed by atoms with Gasteiger partial charge >= 0.3 is 0 Å². The van der Waals surface area contributed by atoms with E-state index in [1.165, 1.54) is 0 Å². The lowest BCUT2D eigenvalue weighted by Gasteiger charge is -2.35. The monoisotopic (exact) mass is 440 g/mol. The summed E-state index contributed by atoms with van der Waals surface area (Å²) in [7, 11) is 1.58. The van der Waals surface area contributed by atoms with Crippen molar-refractivity contribution in [2.24, 2.45) is 0 Å². The van der Waals surface area contributed by atoms with Crippen LogP contribution in [0.15, 0.2) is 73.2 Å². The third-order valence-corrected chi connectivity index (χ3v) is 5.79. The summed E-state index contributed by atoms with van der Waals surface area (Å²) in [6.45, 7) is 3.19. The zero-order chi connectivity index (χ0) is 22.6. The fraction of sp³-hybridized carbons (Fsp3) is 0.200. The van der Waals surface area contributed by atoms with Crippen LogP contribution in [-0.2, 0) is 0 Å². The van der Waals surface area contributed by atoms with Gasteiger partial charge in [-0.1, -0.05) is 36.4 Å². The molecule has 1 fully saturated rings. The number of benzene rings is 2. The Bertz CT molecular complexity index is 1270. The second kappa shape index (κ2) is 9.12. The molecule has 1 aliphatic rings. The van der Waals surface area contributed by atoms with Gasteiger partial charge in [-0.25, -0.2) is 15.0 Å². The molecule has 1 amide bonds. The number of amides is 1. The highest BCUT2D eigenvalue weighted by atomic mass is 16.5. The minimum atomic E-state index is -0.221. The molecule has 1 aliphatic heterocycles. The molecule has 8 heteroatoms. The van der Waals surface area contributed by atoms with Gasteiger partial charge in [-0.15, -0.1) is 0 Å². The van der Waals surface area contributed by atoms with E-state index in [2.05, 4.69) is 25.1 Å². The molecule has 0 aliphatic carbocycles. The highest BCUT2D eigenvalue weighted by Crippen LogP contribution is 2.30. The van der Waals surface area contributed by atoms with E-state index in [0.29, 0.717) is 17.0 Å². The Morgan fingerprint density at radius 2 is 1.52 bits per heavy atom. The van der Waals surface area contributed by atoms with Gasteiger partial charge in [-0.2, -0.15) is 0 Å². The number of methoxy groups -OCH3 is 1. The van der Waals surface area contributed by atoms with Crippen molar-refractivity contribution in [2.45, 2.75) is 0 Å². The summed E-state index contributed by atoms with van der Waals surface area (Å²) in [6.07, 6.45) is 5.19. The number of fused-ring (bicyclic) bond motifs is 1. The molecule has 8 nitrogen and oxygen atoms in total. The van der Waals surface area contributed by atoms with E-state index < -0.39 is 0 Å². The third-order valence-electron chi connectivity index (χ3n) is 5.79. The van der Waals surface area contributed by atoms with E-state index in [4.69, 9.17) is 9.72 Å². The first-order chi connectivity index (χ1) is 16.2. The van der Waals surface area contributed by atoms with Crippen LogP contribution in [0.1, 0.15) is 10.4 Å². The van der Waals surface area contributed by atoms with E-state index in [0.717, 1.165) is 48.7 Å². The van der Waals surface area contributed by atoms with Gasteiger partial charge in [0.25, 0.3) is 5.91 Å². The number of nitrogens with one attached hydrogen (secondary N) is 1. The molecule has 166 valence electrons. The minimum absolute atomic E-state index is 0.221. The summed E-state index contributed by atoms with van der Waals surface area (Å²) in [6, 6.07) is 17.1. The molecular formula is C25H24N6O2. The van der Waals surface area contributed by atoms with E-state index >= 15 is 0 Å².